The highest BCUT2D eigenvalue weighted by Gasteiger charge is 2.12. The Bertz CT molecular complexity index is 670. The predicted octanol–water partition coefficient (Wildman–Crippen LogP) is 4.65. The fourth-order valence-electron chi connectivity index (χ4n) is 1.54. The van der Waals surface area contributed by atoms with E-state index in [2.05, 4.69) is 0 Å². The van der Waals surface area contributed by atoms with Crippen LogP contribution in [0.1, 0.15) is 38.5 Å². The van der Waals surface area contributed by atoms with E-state index < -0.39 is 26.0 Å². The summed E-state index contributed by atoms with van der Waals surface area (Å²) in [6.07, 6.45) is 0. The highest BCUT2D eigenvalue weighted by atomic mass is 14.2. The summed E-state index contributed by atoms with van der Waals surface area (Å²) >= 11 is 0. The minimum atomic E-state index is -3.24. The second-order valence-corrected chi connectivity index (χ2v) is 3.69. The first kappa shape index (κ1) is 4.37. The molecule has 0 amide bonds. The van der Waals surface area contributed by atoms with Crippen LogP contribution in [0.2, 0.25) is 0 Å². The average molecular weight is 219 g/mol. The monoisotopic (exact) mass is 219 g/mol. The molecule has 2 aromatic carbocycles. The fraction of sp³-hybridized carbons (Fsp3) is 0.250. The average Bonchev–Trinajstić information content (AvgIpc) is 2.45. The van der Waals surface area contributed by atoms with Crippen LogP contribution >= 0.6 is 0 Å². The zero-order chi connectivity index (χ0) is 19.1. The van der Waals surface area contributed by atoms with Crippen LogP contribution in [0.4, 0.5) is 0 Å². The largest absolute Gasteiger partial charge is 0.0622 e. The summed E-state index contributed by atoms with van der Waals surface area (Å²) in [5.74, 6) is 0. The zero-order valence-corrected chi connectivity index (χ0v) is 8.70. The molecule has 0 spiro atoms. The highest BCUT2D eigenvalue weighted by molar-refractivity contribution is 5.63. The van der Waals surface area contributed by atoms with Crippen LogP contribution < -0.4 is 0 Å². The van der Waals surface area contributed by atoms with Crippen LogP contribution in [0.25, 0.3) is 11.1 Å². The molecule has 0 aliphatic rings. The topological polar surface area (TPSA) is 0 Å². The van der Waals surface area contributed by atoms with Crippen LogP contribution in [0.3, 0.4) is 0 Å². The second kappa shape index (κ2) is 4.13. The Morgan fingerprint density at radius 2 is 1.31 bits per heavy atom. The maximum atomic E-state index is 7.72. The summed E-state index contributed by atoms with van der Waals surface area (Å²) in [5.41, 5.74) is -1.61. The van der Waals surface area contributed by atoms with Gasteiger partial charge < -0.3 is 0 Å². The Morgan fingerprint density at radius 1 is 0.750 bits per heavy atom. The molecule has 0 unspecified atom stereocenters. The van der Waals surface area contributed by atoms with Gasteiger partial charge in [-0.25, -0.2) is 0 Å². The minimum Gasteiger partial charge on any atom is -0.0622 e. The first-order valence-corrected chi connectivity index (χ1v) is 4.98. The van der Waals surface area contributed by atoms with Gasteiger partial charge in [-0.15, -0.1) is 0 Å². The first-order valence-electron chi connectivity index (χ1n) is 9.48. The van der Waals surface area contributed by atoms with Crippen LogP contribution in [0.15, 0.2) is 54.6 Å². The van der Waals surface area contributed by atoms with Crippen LogP contribution in [0.5, 0.6) is 0 Å². The van der Waals surface area contributed by atoms with Gasteiger partial charge in [0.2, 0.25) is 0 Å². The van der Waals surface area contributed by atoms with E-state index in [9.17, 15) is 0 Å². The van der Waals surface area contributed by atoms with Crippen molar-refractivity contribution < 1.29 is 12.3 Å². The molecule has 0 radical (unpaired) electrons. The quantitative estimate of drug-likeness (QED) is 0.655. The van der Waals surface area contributed by atoms with E-state index in [1.807, 2.05) is 30.3 Å². The van der Waals surface area contributed by atoms with E-state index in [1.165, 1.54) is 12.1 Å². The van der Waals surface area contributed by atoms with Crippen molar-refractivity contribution in [3.8, 4) is 11.1 Å². The number of hydrogen-bond donors (Lipinski definition) is 0. The Kier molecular flexibility index (Phi) is 1.13. The molecular formula is C16H18. The van der Waals surface area contributed by atoms with Crippen molar-refractivity contribution in [1.29, 1.82) is 0 Å². The van der Waals surface area contributed by atoms with Gasteiger partial charge in [0.15, 0.2) is 0 Å². The fourth-order valence-corrected chi connectivity index (χ4v) is 1.54. The van der Waals surface area contributed by atoms with Gasteiger partial charge in [0.1, 0.15) is 0 Å². The number of hydrogen-bond acceptors (Lipinski definition) is 0. The Balaban J connectivity index is 2.68. The molecule has 2 rings (SSSR count). The van der Waals surface area contributed by atoms with Gasteiger partial charge >= 0.3 is 0 Å². The summed E-state index contributed by atoms with van der Waals surface area (Å²) < 4.78 is 69.5. The molecule has 0 aliphatic heterocycles. The van der Waals surface area contributed by atoms with Gasteiger partial charge in [-0.3, -0.25) is 0 Å². The molecule has 0 heteroatoms. The Labute approximate surface area is 111 Å². The van der Waals surface area contributed by atoms with Gasteiger partial charge in [-0.2, -0.15) is 0 Å². The smallest absolute Gasteiger partial charge is 0.0239 e. The zero-order valence-electron chi connectivity index (χ0n) is 17.7. The summed E-state index contributed by atoms with van der Waals surface area (Å²) in [5, 5.41) is 0. The molecule has 0 saturated carbocycles. The summed E-state index contributed by atoms with van der Waals surface area (Å²) in [6, 6.07) is 14.9. The third kappa shape index (κ3) is 2.33. The van der Waals surface area contributed by atoms with Gasteiger partial charge in [-0.05, 0) is 22.1 Å². The highest BCUT2D eigenvalue weighted by Crippen LogP contribution is 2.25. The van der Waals surface area contributed by atoms with E-state index in [4.69, 9.17) is 12.3 Å². The van der Waals surface area contributed by atoms with Crippen molar-refractivity contribution in [2.24, 2.45) is 0 Å². The molecule has 16 heavy (non-hydrogen) atoms. The molecule has 0 atom stereocenters. The SMILES string of the molecule is [2H]C([2H])([2H])C(c1ccc(-c2ccccc2)cc1)(C([2H])([2H])[2H])C([2H])([2H])[2H]. The molecule has 0 N–H and O–H groups in total. The van der Waals surface area contributed by atoms with Gasteiger partial charge in [0, 0.05) is 12.3 Å². The molecule has 2 aromatic rings. The number of rotatable bonds is 1. The van der Waals surface area contributed by atoms with Crippen molar-refractivity contribution in [1.82, 2.24) is 0 Å². The lowest BCUT2D eigenvalue weighted by Crippen LogP contribution is -2.10. The molecular weight excluding hydrogens is 192 g/mol. The molecule has 82 valence electrons. The van der Waals surface area contributed by atoms with Crippen LogP contribution in [0, 0.1) is 0 Å². The maximum absolute atomic E-state index is 7.72. The third-order valence-electron chi connectivity index (χ3n) is 2.43. The molecule has 0 bridgehead atoms. The van der Waals surface area contributed by atoms with E-state index >= 15 is 0 Å². The lowest BCUT2D eigenvalue weighted by Gasteiger charge is -2.19. The standard InChI is InChI=1S/C16H18/c1-16(2,3)15-11-9-14(10-12-15)13-7-5-4-6-8-13/h4-12H,1-3H3/i1D3,2D3,3D3. The third-order valence-corrected chi connectivity index (χ3v) is 2.43. The summed E-state index contributed by atoms with van der Waals surface area (Å²) in [7, 11) is 0. The summed E-state index contributed by atoms with van der Waals surface area (Å²) in [6.45, 7) is -9.71. The molecule has 0 heterocycles. The molecule has 0 saturated heterocycles. The Morgan fingerprint density at radius 3 is 1.88 bits per heavy atom. The van der Waals surface area contributed by atoms with E-state index in [0.29, 0.717) is 0 Å². The van der Waals surface area contributed by atoms with E-state index in [1.54, 1.807) is 12.1 Å². The van der Waals surface area contributed by atoms with Gasteiger partial charge in [0.25, 0.3) is 0 Å². The molecule has 0 nitrogen and oxygen atoms in total. The predicted molar refractivity (Wildman–Crippen MR) is 70.6 cm³/mol. The first-order chi connectivity index (χ1) is 11.3. The Hall–Kier alpha value is -1.56. The second-order valence-electron chi connectivity index (χ2n) is 3.69. The maximum Gasteiger partial charge on any atom is 0.0239 e. The van der Waals surface area contributed by atoms with Crippen LogP contribution in [-0.4, -0.2) is 0 Å². The van der Waals surface area contributed by atoms with E-state index in [-0.39, 0.29) is 5.56 Å². The summed E-state index contributed by atoms with van der Waals surface area (Å²) in [4.78, 5) is 0. The molecule has 0 aliphatic carbocycles. The van der Waals surface area contributed by atoms with E-state index in [0.717, 1.165) is 11.1 Å². The van der Waals surface area contributed by atoms with Crippen molar-refractivity contribution in [2.75, 3.05) is 0 Å². The van der Waals surface area contributed by atoms with Crippen LogP contribution in [-0.2, 0) is 5.41 Å². The molecule has 0 aromatic heterocycles. The lowest BCUT2D eigenvalue weighted by atomic mass is 9.86. The van der Waals surface area contributed by atoms with Gasteiger partial charge in [-0.1, -0.05) is 75.2 Å². The number of benzene rings is 2. The van der Waals surface area contributed by atoms with Crippen molar-refractivity contribution in [3.05, 3.63) is 60.2 Å². The molecule has 0 fully saturated rings. The van der Waals surface area contributed by atoms with Crippen molar-refractivity contribution in [2.45, 2.75) is 26.0 Å². The van der Waals surface area contributed by atoms with Gasteiger partial charge in [0.05, 0.1) is 0 Å². The van der Waals surface area contributed by atoms with Crippen molar-refractivity contribution >= 4 is 0 Å². The minimum absolute atomic E-state index is 0.243. The lowest BCUT2D eigenvalue weighted by molar-refractivity contribution is 0.590. The van der Waals surface area contributed by atoms with Crippen molar-refractivity contribution in [3.63, 3.8) is 0 Å². The normalized spacial score (nSPS) is 22.1.